The molecule has 33 heavy (non-hydrogen) atoms. The van der Waals surface area contributed by atoms with Crippen LogP contribution in [0.1, 0.15) is 21.5 Å². The Kier molecular flexibility index (Phi) is 6.11. The third kappa shape index (κ3) is 4.42. The summed E-state index contributed by atoms with van der Waals surface area (Å²) in [6, 6.07) is 19.4. The summed E-state index contributed by atoms with van der Waals surface area (Å²) in [5.74, 6) is 0.493. The molecule has 0 amide bonds. The minimum Gasteiger partial charge on any atom is -0.497 e. The average molecular weight is 465 g/mol. The summed E-state index contributed by atoms with van der Waals surface area (Å²) in [4.78, 5) is 12.8. The van der Waals surface area contributed by atoms with E-state index in [0.29, 0.717) is 28.4 Å². The number of allylic oxidation sites excluding steroid dienone is 1. The number of carbonyl (C=O) groups excluding carboxylic acids is 1. The predicted octanol–water partition coefficient (Wildman–Crippen LogP) is 4.50. The first kappa shape index (κ1) is 22.4. The van der Waals surface area contributed by atoms with Crippen molar-refractivity contribution >= 4 is 27.2 Å². The SMILES string of the molecule is COc1cc(NC=C2C(=O)c3ccccc3N(Cc3ccc(C)cc3)S2(=O)=O)cc(OC)c1. The van der Waals surface area contributed by atoms with Gasteiger partial charge in [-0.15, -0.1) is 0 Å². The van der Waals surface area contributed by atoms with Crippen LogP contribution in [0.5, 0.6) is 11.5 Å². The van der Waals surface area contributed by atoms with Gasteiger partial charge < -0.3 is 14.8 Å². The number of benzene rings is 3. The molecule has 0 saturated carbocycles. The summed E-state index contributed by atoms with van der Waals surface area (Å²) in [6.45, 7) is 2.08. The largest absolute Gasteiger partial charge is 0.497 e. The fraction of sp³-hybridized carbons (Fsp3) is 0.160. The van der Waals surface area contributed by atoms with E-state index < -0.39 is 15.8 Å². The van der Waals surface area contributed by atoms with Gasteiger partial charge in [0.05, 0.1) is 26.5 Å². The van der Waals surface area contributed by atoms with Gasteiger partial charge in [0.2, 0.25) is 5.78 Å². The third-order valence-corrected chi connectivity index (χ3v) is 7.14. The van der Waals surface area contributed by atoms with Gasteiger partial charge in [-0.1, -0.05) is 42.0 Å². The van der Waals surface area contributed by atoms with Crippen molar-refractivity contribution in [2.45, 2.75) is 13.5 Å². The molecule has 0 saturated heterocycles. The number of hydrogen-bond donors (Lipinski definition) is 1. The molecular weight excluding hydrogens is 440 g/mol. The number of hydrogen-bond acceptors (Lipinski definition) is 6. The Morgan fingerprint density at radius 2 is 1.58 bits per heavy atom. The van der Waals surface area contributed by atoms with Crippen LogP contribution in [0.25, 0.3) is 0 Å². The molecule has 0 aliphatic carbocycles. The molecule has 8 heteroatoms. The zero-order valence-corrected chi connectivity index (χ0v) is 19.3. The molecule has 0 radical (unpaired) electrons. The van der Waals surface area contributed by atoms with E-state index in [9.17, 15) is 13.2 Å². The normalized spacial score (nSPS) is 15.8. The molecule has 0 bridgehead atoms. The third-order valence-electron chi connectivity index (χ3n) is 5.38. The highest BCUT2D eigenvalue weighted by Gasteiger charge is 2.40. The lowest BCUT2D eigenvalue weighted by atomic mass is 10.1. The van der Waals surface area contributed by atoms with Gasteiger partial charge in [0, 0.05) is 35.6 Å². The molecule has 4 rings (SSSR count). The van der Waals surface area contributed by atoms with Crippen molar-refractivity contribution in [3.63, 3.8) is 0 Å². The molecule has 170 valence electrons. The summed E-state index contributed by atoms with van der Waals surface area (Å²) in [7, 11) is -1.08. The second-order valence-electron chi connectivity index (χ2n) is 7.60. The lowest BCUT2D eigenvalue weighted by molar-refractivity contribution is 0.104. The number of carbonyl (C=O) groups is 1. The van der Waals surface area contributed by atoms with Gasteiger partial charge in [0.25, 0.3) is 10.0 Å². The topological polar surface area (TPSA) is 84.9 Å². The van der Waals surface area contributed by atoms with Crippen molar-refractivity contribution in [2.24, 2.45) is 0 Å². The number of fused-ring (bicyclic) bond motifs is 1. The zero-order chi connectivity index (χ0) is 23.6. The zero-order valence-electron chi connectivity index (χ0n) is 18.5. The van der Waals surface area contributed by atoms with E-state index >= 15 is 0 Å². The molecule has 0 atom stereocenters. The second kappa shape index (κ2) is 8.99. The maximum atomic E-state index is 13.6. The van der Waals surface area contributed by atoms with Gasteiger partial charge in [-0.25, -0.2) is 8.42 Å². The lowest BCUT2D eigenvalue weighted by Crippen LogP contribution is -2.39. The molecule has 3 aromatic rings. The van der Waals surface area contributed by atoms with Crippen molar-refractivity contribution in [1.29, 1.82) is 0 Å². The fourth-order valence-electron chi connectivity index (χ4n) is 3.59. The Morgan fingerprint density at radius 3 is 2.21 bits per heavy atom. The Morgan fingerprint density at radius 1 is 0.939 bits per heavy atom. The van der Waals surface area contributed by atoms with E-state index in [-0.39, 0.29) is 11.4 Å². The molecule has 0 fully saturated rings. The number of methoxy groups -OCH3 is 2. The molecule has 1 aliphatic rings. The van der Waals surface area contributed by atoms with Gasteiger partial charge in [-0.05, 0) is 24.6 Å². The Bertz CT molecular complexity index is 1310. The van der Waals surface area contributed by atoms with Crippen LogP contribution in [0.4, 0.5) is 11.4 Å². The van der Waals surface area contributed by atoms with Gasteiger partial charge in [-0.3, -0.25) is 9.10 Å². The van der Waals surface area contributed by atoms with Gasteiger partial charge in [-0.2, -0.15) is 0 Å². The van der Waals surface area contributed by atoms with Crippen LogP contribution in [0.2, 0.25) is 0 Å². The van der Waals surface area contributed by atoms with Gasteiger partial charge in [0.15, 0.2) is 4.91 Å². The van der Waals surface area contributed by atoms with Crippen LogP contribution < -0.4 is 19.1 Å². The highest BCUT2D eigenvalue weighted by atomic mass is 32.2. The van der Waals surface area contributed by atoms with Crippen molar-refractivity contribution in [2.75, 3.05) is 23.8 Å². The van der Waals surface area contributed by atoms with Crippen LogP contribution in [-0.2, 0) is 16.6 Å². The molecular formula is C25H24N2O5S. The molecule has 0 spiro atoms. The molecule has 0 unspecified atom stereocenters. The van der Waals surface area contributed by atoms with E-state index in [4.69, 9.17) is 9.47 Å². The summed E-state index contributed by atoms with van der Waals surface area (Å²) in [6.07, 6.45) is 1.23. The van der Waals surface area contributed by atoms with Gasteiger partial charge >= 0.3 is 0 Å². The first-order chi connectivity index (χ1) is 15.8. The van der Waals surface area contributed by atoms with E-state index in [1.54, 1.807) is 42.5 Å². The van der Waals surface area contributed by atoms with E-state index in [2.05, 4.69) is 5.32 Å². The molecule has 1 heterocycles. The van der Waals surface area contributed by atoms with E-state index in [1.165, 1.54) is 24.7 Å². The summed E-state index contributed by atoms with van der Waals surface area (Å²) in [5.41, 5.74) is 3.11. The molecule has 1 aliphatic heterocycles. The standard InChI is InChI=1S/C25H24N2O5S/c1-17-8-10-18(11-9-17)16-27-23-7-5-4-6-22(23)25(28)24(33(27,29)30)15-26-19-12-20(31-2)14-21(13-19)32-3/h4-15,26H,16H2,1-3H3. The number of Topliss-reactive ketones (excluding diaryl/α,β-unsaturated/α-hetero) is 1. The van der Waals surface area contributed by atoms with Crippen LogP contribution in [0.15, 0.2) is 77.8 Å². The minimum absolute atomic E-state index is 0.108. The predicted molar refractivity (Wildman–Crippen MR) is 128 cm³/mol. The van der Waals surface area contributed by atoms with Crippen molar-refractivity contribution in [3.05, 3.63) is 94.5 Å². The van der Waals surface area contributed by atoms with Crippen molar-refractivity contribution in [1.82, 2.24) is 0 Å². The van der Waals surface area contributed by atoms with E-state index in [1.807, 2.05) is 31.2 Å². The first-order valence-corrected chi connectivity index (χ1v) is 11.7. The maximum Gasteiger partial charge on any atom is 0.270 e. The quantitative estimate of drug-likeness (QED) is 0.541. The average Bonchev–Trinajstić information content (AvgIpc) is 2.82. The number of ketones is 1. The number of nitrogens with zero attached hydrogens (tertiary/aromatic N) is 1. The lowest BCUT2D eigenvalue weighted by Gasteiger charge is -2.31. The molecule has 3 aromatic carbocycles. The Labute approximate surface area is 193 Å². The summed E-state index contributed by atoms with van der Waals surface area (Å²) < 4.78 is 38.9. The van der Waals surface area contributed by atoms with Crippen LogP contribution in [-0.4, -0.2) is 28.4 Å². The van der Waals surface area contributed by atoms with Crippen LogP contribution >= 0.6 is 0 Å². The van der Waals surface area contributed by atoms with Crippen molar-refractivity contribution in [3.8, 4) is 11.5 Å². The van der Waals surface area contributed by atoms with E-state index in [0.717, 1.165) is 11.1 Å². The Balaban J connectivity index is 1.76. The van der Waals surface area contributed by atoms with Crippen LogP contribution in [0.3, 0.4) is 0 Å². The first-order valence-electron chi connectivity index (χ1n) is 10.3. The number of nitrogens with one attached hydrogen (secondary N) is 1. The summed E-state index contributed by atoms with van der Waals surface area (Å²) >= 11 is 0. The molecule has 7 nitrogen and oxygen atoms in total. The second-order valence-corrected chi connectivity index (χ2v) is 9.43. The monoisotopic (exact) mass is 464 g/mol. The fourth-order valence-corrected chi connectivity index (χ4v) is 5.12. The number of ether oxygens (including phenoxy) is 2. The highest BCUT2D eigenvalue weighted by Crippen LogP contribution is 2.36. The summed E-state index contributed by atoms with van der Waals surface area (Å²) in [5, 5.41) is 2.92. The molecule has 1 N–H and O–H groups in total. The number of aryl methyl sites for hydroxylation is 1. The number of sulfonamides is 1. The highest BCUT2D eigenvalue weighted by molar-refractivity contribution is 7.97. The van der Waals surface area contributed by atoms with Gasteiger partial charge in [0.1, 0.15) is 11.5 Å². The Hall–Kier alpha value is -3.78. The van der Waals surface area contributed by atoms with Crippen LogP contribution in [0, 0.1) is 6.92 Å². The van der Waals surface area contributed by atoms with Crippen molar-refractivity contribution < 1.29 is 22.7 Å². The minimum atomic E-state index is -4.12. The number of anilines is 2. The molecule has 0 aromatic heterocycles. The number of para-hydroxylation sites is 1. The number of rotatable bonds is 6. The maximum absolute atomic E-state index is 13.6. The smallest absolute Gasteiger partial charge is 0.270 e.